The minimum Gasteiger partial charge on any atom is -0.466 e. The monoisotopic (exact) mass is 681 g/mol. The Bertz CT molecular complexity index is 1040. The van der Waals surface area contributed by atoms with Crippen LogP contribution in [-0.4, -0.2) is 51.4 Å². The summed E-state index contributed by atoms with van der Waals surface area (Å²) >= 11 is 0. The van der Waals surface area contributed by atoms with Crippen molar-refractivity contribution in [2.45, 2.75) is 175 Å². The highest BCUT2D eigenvalue weighted by Crippen LogP contribution is 2.07. The van der Waals surface area contributed by atoms with Crippen LogP contribution >= 0.6 is 0 Å². The first-order valence-electron chi connectivity index (χ1n) is 18.7. The van der Waals surface area contributed by atoms with Gasteiger partial charge in [0, 0.05) is 19.6 Å². The Morgan fingerprint density at radius 3 is 0.875 bits per heavy atom. The van der Waals surface area contributed by atoms with Crippen LogP contribution in [0, 0.1) is 0 Å². The fraction of sp³-hybridized carbons (Fsp3) is 0.833. The average molecular weight is 682 g/mol. The van der Waals surface area contributed by atoms with Gasteiger partial charge in [-0.25, -0.2) is 28.1 Å². The molecule has 1 rings (SSSR count). The Labute approximate surface area is 286 Å². The maximum Gasteiger partial charge on any atom is 0.336 e. The maximum absolute atomic E-state index is 13.3. The molecule has 12 nitrogen and oxygen atoms in total. The van der Waals surface area contributed by atoms with Crippen molar-refractivity contribution in [3.8, 4) is 0 Å². The van der Waals surface area contributed by atoms with Gasteiger partial charge < -0.3 is 14.2 Å². The average Bonchev–Trinajstić information content (AvgIpc) is 3.06. The fourth-order valence-corrected chi connectivity index (χ4v) is 5.29. The molecule has 0 aliphatic carbocycles. The number of esters is 3. The number of unbranched alkanes of at least 4 members (excludes halogenated alkanes) is 15. The van der Waals surface area contributed by atoms with Gasteiger partial charge in [0.25, 0.3) is 0 Å². The van der Waals surface area contributed by atoms with Crippen LogP contribution < -0.4 is 17.1 Å². The quantitative estimate of drug-likeness (QED) is 0.0538. The zero-order valence-electron chi connectivity index (χ0n) is 30.1. The van der Waals surface area contributed by atoms with Gasteiger partial charge in [-0.15, -0.1) is 0 Å². The topological polar surface area (TPSA) is 145 Å². The van der Waals surface area contributed by atoms with Crippen LogP contribution in [0.25, 0.3) is 0 Å². The maximum atomic E-state index is 13.3. The summed E-state index contributed by atoms with van der Waals surface area (Å²) in [5.41, 5.74) is -2.79. The Balaban J connectivity index is 2.88. The van der Waals surface area contributed by atoms with E-state index >= 15 is 0 Å². The molecule has 0 saturated heterocycles. The largest absolute Gasteiger partial charge is 0.466 e. The highest BCUT2D eigenvalue weighted by atomic mass is 16.5. The third-order valence-corrected chi connectivity index (χ3v) is 8.29. The SMILES string of the molecule is CCCCCCCCOC(=O)CCn1c(=O)n(CCC(=O)OCCCCCCCC)c(=O)n(CCC(=O)OCCCCCCCC)c1=O. The molecule has 0 aromatic carbocycles. The molecule has 1 aromatic rings. The molecular weight excluding hydrogens is 618 g/mol. The number of hydrogen-bond donors (Lipinski definition) is 0. The molecule has 0 saturated carbocycles. The van der Waals surface area contributed by atoms with Crippen LogP contribution in [0.3, 0.4) is 0 Å². The Morgan fingerprint density at radius 1 is 0.396 bits per heavy atom. The van der Waals surface area contributed by atoms with Gasteiger partial charge >= 0.3 is 35.0 Å². The molecule has 0 fully saturated rings. The van der Waals surface area contributed by atoms with Crippen LogP contribution in [0.4, 0.5) is 0 Å². The van der Waals surface area contributed by atoms with Crippen molar-refractivity contribution in [1.82, 2.24) is 13.7 Å². The normalized spacial score (nSPS) is 11.1. The van der Waals surface area contributed by atoms with Gasteiger partial charge in [0.15, 0.2) is 0 Å². The molecule has 0 N–H and O–H groups in total. The van der Waals surface area contributed by atoms with E-state index in [-0.39, 0.29) is 58.7 Å². The van der Waals surface area contributed by atoms with Crippen LogP contribution in [0.2, 0.25) is 0 Å². The van der Waals surface area contributed by atoms with Crippen molar-refractivity contribution in [2.24, 2.45) is 0 Å². The molecule has 0 atom stereocenters. The third-order valence-electron chi connectivity index (χ3n) is 8.29. The van der Waals surface area contributed by atoms with Gasteiger partial charge in [-0.1, -0.05) is 117 Å². The van der Waals surface area contributed by atoms with Gasteiger partial charge in [-0.05, 0) is 19.3 Å². The van der Waals surface area contributed by atoms with Crippen LogP contribution in [-0.2, 0) is 48.2 Å². The predicted molar refractivity (Wildman–Crippen MR) is 186 cm³/mol. The van der Waals surface area contributed by atoms with E-state index in [1.54, 1.807) is 0 Å². The molecule has 276 valence electrons. The summed E-state index contributed by atoms with van der Waals surface area (Å²) in [5, 5.41) is 0. The molecule has 0 aliphatic rings. The molecule has 1 aromatic heterocycles. The van der Waals surface area contributed by atoms with Crippen molar-refractivity contribution in [3.63, 3.8) is 0 Å². The van der Waals surface area contributed by atoms with Crippen LogP contribution in [0.1, 0.15) is 156 Å². The van der Waals surface area contributed by atoms with E-state index in [1.165, 1.54) is 19.3 Å². The summed E-state index contributed by atoms with van der Waals surface area (Å²) in [6.45, 7) is 6.28. The number of carbonyl (C=O) groups is 3. The fourth-order valence-electron chi connectivity index (χ4n) is 5.29. The molecule has 0 unspecified atom stereocenters. The summed E-state index contributed by atoms with van der Waals surface area (Å²) in [6, 6.07) is 0. The van der Waals surface area contributed by atoms with E-state index < -0.39 is 35.0 Å². The zero-order valence-corrected chi connectivity index (χ0v) is 30.1. The number of ether oxygens (including phenoxy) is 3. The van der Waals surface area contributed by atoms with Crippen molar-refractivity contribution >= 4 is 17.9 Å². The highest BCUT2D eigenvalue weighted by molar-refractivity contribution is 5.70. The number of aromatic nitrogens is 3. The van der Waals surface area contributed by atoms with Crippen molar-refractivity contribution in [2.75, 3.05) is 19.8 Å². The standard InChI is InChI=1S/C36H63N3O9/c1-4-7-10-13-16-19-28-46-31(40)22-25-37-34(43)38(26-23-32(41)47-29-20-17-14-11-8-5-2)36(45)39(35(37)44)27-24-33(42)48-30-21-18-15-12-9-6-3/h4-30H2,1-3H3. The smallest absolute Gasteiger partial charge is 0.336 e. The second-order valence-corrected chi connectivity index (χ2v) is 12.5. The Morgan fingerprint density at radius 2 is 0.625 bits per heavy atom. The summed E-state index contributed by atoms with van der Waals surface area (Å²) in [6.07, 6.45) is 17.9. The molecule has 1 heterocycles. The molecule has 0 amide bonds. The van der Waals surface area contributed by atoms with Gasteiger partial charge in [-0.3, -0.25) is 14.4 Å². The molecule has 12 heteroatoms. The summed E-state index contributed by atoms with van der Waals surface area (Å²) < 4.78 is 18.2. The first kappa shape index (κ1) is 42.8. The number of hydrogen-bond acceptors (Lipinski definition) is 9. The lowest BCUT2D eigenvalue weighted by atomic mass is 10.1. The predicted octanol–water partition coefficient (Wildman–Crippen LogP) is 6.05. The first-order chi connectivity index (χ1) is 23.3. The van der Waals surface area contributed by atoms with E-state index in [4.69, 9.17) is 14.2 Å². The summed E-state index contributed by atoms with van der Waals surface area (Å²) in [7, 11) is 0. The van der Waals surface area contributed by atoms with Crippen LogP contribution in [0.5, 0.6) is 0 Å². The van der Waals surface area contributed by atoms with E-state index in [0.717, 1.165) is 110 Å². The van der Waals surface area contributed by atoms with E-state index in [0.29, 0.717) is 0 Å². The minimum atomic E-state index is -0.931. The van der Waals surface area contributed by atoms with Crippen molar-refractivity contribution in [1.29, 1.82) is 0 Å². The second-order valence-electron chi connectivity index (χ2n) is 12.5. The summed E-state index contributed by atoms with van der Waals surface area (Å²) in [4.78, 5) is 77.1. The van der Waals surface area contributed by atoms with Crippen molar-refractivity contribution < 1.29 is 28.6 Å². The van der Waals surface area contributed by atoms with Gasteiger partial charge in [0.05, 0.1) is 39.1 Å². The number of nitrogens with zero attached hydrogens (tertiary/aromatic N) is 3. The lowest BCUT2D eigenvalue weighted by molar-refractivity contribution is -0.144. The molecule has 0 radical (unpaired) electrons. The third kappa shape index (κ3) is 19.0. The zero-order chi connectivity index (χ0) is 35.4. The lowest BCUT2D eigenvalue weighted by Crippen LogP contribution is -2.55. The number of rotatable bonds is 30. The summed E-state index contributed by atoms with van der Waals surface area (Å²) in [5.74, 6) is -1.68. The van der Waals surface area contributed by atoms with Gasteiger partial charge in [-0.2, -0.15) is 0 Å². The van der Waals surface area contributed by atoms with Crippen LogP contribution in [0.15, 0.2) is 14.4 Å². The lowest BCUT2D eigenvalue weighted by Gasteiger charge is -2.14. The molecule has 0 bridgehead atoms. The minimum absolute atomic E-state index is 0.246. The Kier molecular flexibility index (Phi) is 24.8. The molecule has 0 aliphatic heterocycles. The molecular formula is C36H63N3O9. The molecule has 0 spiro atoms. The second kappa shape index (κ2) is 27.7. The van der Waals surface area contributed by atoms with E-state index in [2.05, 4.69) is 20.8 Å². The van der Waals surface area contributed by atoms with E-state index in [9.17, 15) is 28.8 Å². The first-order valence-corrected chi connectivity index (χ1v) is 18.7. The van der Waals surface area contributed by atoms with E-state index in [1.807, 2.05) is 0 Å². The number of carbonyl (C=O) groups excluding carboxylic acids is 3. The van der Waals surface area contributed by atoms with Crippen molar-refractivity contribution in [3.05, 3.63) is 31.5 Å². The Hall–Kier alpha value is -3.18. The van der Waals surface area contributed by atoms with Gasteiger partial charge in [0.1, 0.15) is 0 Å². The molecule has 48 heavy (non-hydrogen) atoms. The highest BCUT2D eigenvalue weighted by Gasteiger charge is 2.19. The van der Waals surface area contributed by atoms with Gasteiger partial charge in [0.2, 0.25) is 0 Å².